The molecule has 0 aromatic heterocycles. The van der Waals surface area contributed by atoms with Gasteiger partial charge in [-0.2, -0.15) is 5.26 Å². The van der Waals surface area contributed by atoms with Crippen LogP contribution in [0.3, 0.4) is 0 Å². The van der Waals surface area contributed by atoms with Crippen molar-refractivity contribution in [2.45, 2.75) is 18.4 Å². The summed E-state index contributed by atoms with van der Waals surface area (Å²) in [5.74, 6) is -0.146. The lowest BCUT2D eigenvalue weighted by atomic mass is 9.85. The predicted octanol–water partition coefficient (Wildman–Crippen LogP) is 3.09. The van der Waals surface area contributed by atoms with Gasteiger partial charge in [0, 0.05) is 5.92 Å². The number of nitrogens with zero attached hydrogens (tertiary/aromatic N) is 1. The molecule has 2 rings (SSSR count). The molecule has 2 aromatic carbocycles. The zero-order valence-electron chi connectivity index (χ0n) is 10.0. The molecule has 0 saturated carbocycles. The Labute approximate surface area is 107 Å². The molecule has 1 unspecified atom stereocenters. The van der Waals surface area contributed by atoms with E-state index in [1.807, 2.05) is 66.7 Å². The highest BCUT2D eigenvalue weighted by Gasteiger charge is 2.22. The average Bonchev–Trinajstić information content (AvgIpc) is 2.42. The molecule has 0 aliphatic heterocycles. The van der Waals surface area contributed by atoms with Gasteiger partial charge in [-0.05, 0) is 11.1 Å². The molecule has 1 atom stereocenters. The Kier molecular flexibility index (Phi) is 4.11. The Balaban J connectivity index is 2.39. The number of nitriles is 1. The van der Waals surface area contributed by atoms with Gasteiger partial charge in [-0.15, -0.1) is 0 Å². The van der Waals surface area contributed by atoms with Crippen molar-refractivity contribution in [1.29, 1.82) is 5.26 Å². The van der Waals surface area contributed by atoms with Gasteiger partial charge in [0.1, 0.15) is 0 Å². The summed E-state index contributed by atoms with van der Waals surface area (Å²) in [7, 11) is 0. The zero-order valence-corrected chi connectivity index (χ0v) is 10.0. The highest BCUT2D eigenvalue weighted by atomic mass is 16.3. The summed E-state index contributed by atoms with van der Waals surface area (Å²) in [5, 5.41) is 19.0. The lowest BCUT2D eigenvalue weighted by Crippen LogP contribution is -2.19. The first kappa shape index (κ1) is 12.3. The molecule has 0 amide bonds. The zero-order chi connectivity index (χ0) is 12.8. The Morgan fingerprint density at radius 1 is 0.889 bits per heavy atom. The smallest absolute Gasteiger partial charge is 0.0779 e. The maximum atomic E-state index is 10.2. The maximum Gasteiger partial charge on any atom is 0.0779 e. The maximum absolute atomic E-state index is 10.2. The third-order valence-electron chi connectivity index (χ3n) is 3.00. The number of aliphatic hydroxyl groups is 1. The van der Waals surface area contributed by atoms with E-state index in [0.717, 1.165) is 11.1 Å². The first-order chi connectivity index (χ1) is 8.83. The van der Waals surface area contributed by atoms with Crippen LogP contribution in [0.25, 0.3) is 0 Å². The van der Waals surface area contributed by atoms with Crippen molar-refractivity contribution in [2.24, 2.45) is 0 Å². The number of hydrogen-bond acceptors (Lipinski definition) is 2. The molecule has 0 aliphatic rings. The van der Waals surface area contributed by atoms with Gasteiger partial charge in [-0.25, -0.2) is 0 Å². The van der Waals surface area contributed by atoms with Crippen molar-refractivity contribution < 1.29 is 5.11 Å². The van der Waals surface area contributed by atoms with Crippen molar-refractivity contribution >= 4 is 0 Å². The second-order valence-corrected chi connectivity index (χ2v) is 4.23. The van der Waals surface area contributed by atoms with Crippen LogP contribution in [0.4, 0.5) is 0 Å². The summed E-state index contributed by atoms with van der Waals surface area (Å²) in [4.78, 5) is 0. The molecular formula is C16H15NO. The van der Waals surface area contributed by atoms with Gasteiger partial charge in [-0.1, -0.05) is 60.7 Å². The monoisotopic (exact) mass is 237 g/mol. The van der Waals surface area contributed by atoms with Crippen LogP contribution >= 0.6 is 0 Å². The molecule has 0 spiro atoms. The lowest BCUT2D eigenvalue weighted by Gasteiger charge is -2.22. The van der Waals surface area contributed by atoms with E-state index in [0.29, 0.717) is 0 Å². The third kappa shape index (κ3) is 2.77. The van der Waals surface area contributed by atoms with Gasteiger partial charge >= 0.3 is 0 Å². The number of aliphatic hydroxyl groups excluding tert-OH is 1. The van der Waals surface area contributed by atoms with Gasteiger partial charge in [0.15, 0.2) is 0 Å². The first-order valence-electron chi connectivity index (χ1n) is 5.98. The van der Waals surface area contributed by atoms with E-state index in [1.165, 1.54) is 0 Å². The molecule has 90 valence electrons. The van der Waals surface area contributed by atoms with Gasteiger partial charge < -0.3 is 5.11 Å². The average molecular weight is 237 g/mol. The van der Waals surface area contributed by atoms with Crippen LogP contribution in [-0.2, 0) is 0 Å². The number of hydrogen-bond donors (Lipinski definition) is 1. The standard InChI is InChI=1S/C16H15NO/c17-12-11-15(18)16(13-7-3-1-4-8-13)14-9-5-2-6-10-14/h1-10,15-16,18H,11H2. The summed E-state index contributed by atoms with van der Waals surface area (Å²) in [6.45, 7) is 0. The second-order valence-electron chi connectivity index (χ2n) is 4.23. The normalized spacial score (nSPS) is 12.1. The molecule has 2 nitrogen and oxygen atoms in total. The van der Waals surface area contributed by atoms with E-state index >= 15 is 0 Å². The minimum Gasteiger partial charge on any atom is -0.391 e. The summed E-state index contributed by atoms with van der Waals surface area (Å²) < 4.78 is 0. The molecule has 0 radical (unpaired) electrons. The van der Waals surface area contributed by atoms with Crippen LogP contribution in [0.15, 0.2) is 60.7 Å². The Morgan fingerprint density at radius 2 is 1.33 bits per heavy atom. The number of benzene rings is 2. The minimum atomic E-state index is -0.681. The molecular weight excluding hydrogens is 222 g/mol. The van der Waals surface area contributed by atoms with Gasteiger partial charge in [-0.3, -0.25) is 0 Å². The van der Waals surface area contributed by atoms with E-state index in [9.17, 15) is 5.11 Å². The van der Waals surface area contributed by atoms with Crippen molar-refractivity contribution in [3.8, 4) is 6.07 Å². The lowest BCUT2D eigenvalue weighted by molar-refractivity contribution is 0.161. The number of rotatable bonds is 4. The fourth-order valence-electron chi connectivity index (χ4n) is 2.17. The van der Waals surface area contributed by atoms with Gasteiger partial charge in [0.05, 0.1) is 18.6 Å². The molecule has 18 heavy (non-hydrogen) atoms. The van der Waals surface area contributed by atoms with Crippen LogP contribution in [-0.4, -0.2) is 11.2 Å². The summed E-state index contributed by atoms with van der Waals surface area (Å²) in [5.41, 5.74) is 2.07. The van der Waals surface area contributed by atoms with E-state index in [-0.39, 0.29) is 12.3 Å². The predicted molar refractivity (Wildman–Crippen MR) is 71.0 cm³/mol. The van der Waals surface area contributed by atoms with E-state index in [1.54, 1.807) is 0 Å². The molecule has 0 aliphatic carbocycles. The molecule has 1 N–H and O–H groups in total. The molecule has 2 aromatic rings. The van der Waals surface area contributed by atoms with Crippen LogP contribution in [0.5, 0.6) is 0 Å². The van der Waals surface area contributed by atoms with Crippen molar-refractivity contribution in [2.75, 3.05) is 0 Å². The van der Waals surface area contributed by atoms with Crippen LogP contribution in [0.2, 0.25) is 0 Å². The molecule has 0 fully saturated rings. The SMILES string of the molecule is N#CCC(O)C(c1ccccc1)c1ccccc1. The summed E-state index contributed by atoms with van der Waals surface area (Å²) in [6.07, 6.45) is -0.547. The van der Waals surface area contributed by atoms with Gasteiger partial charge in [0.2, 0.25) is 0 Å². The van der Waals surface area contributed by atoms with Gasteiger partial charge in [0.25, 0.3) is 0 Å². The molecule has 0 heterocycles. The minimum absolute atomic E-state index is 0.133. The second kappa shape index (κ2) is 6.00. The topological polar surface area (TPSA) is 44.0 Å². The Hall–Kier alpha value is -2.11. The fraction of sp³-hybridized carbons (Fsp3) is 0.188. The van der Waals surface area contributed by atoms with Crippen molar-refractivity contribution in [1.82, 2.24) is 0 Å². The largest absolute Gasteiger partial charge is 0.391 e. The highest BCUT2D eigenvalue weighted by molar-refractivity contribution is 5.33. The highest BCUT2D eigenvalue weighted by Crippen LogP contribution is 2.29. The van der Waals surface area contributed by atoms with Crippen LogP contribution in [0.1, 0.15) is 23.5 Å². The molecule has 2 heteroatoms. The van der Waals surface area contributed by atoms with E-state index in [4.69, 9.17) is 5.26 Å². The van der Waals surface area contributed by atoms with Crippen LogP contribution in [0, 0.1) is 11.3 Å². The Bertz CT molecular complexity index is 476. The van der Waals surface area contributed by atoms with Crippen LogP contribution < -0.4 is 0 Å². The van der Waals surface area contributed by atoms with Crippen molar-refractivity contribution in [3.63, 3.8) is 0 Å². The van der Waals surface area contributed by atoms with E-state index < -0.39 is 6.10 Å². The fourth-order valence-corrected chi connectivity index (χ4v) is 2.17. The van der Waals surface area contributed by atoms with E-state index in [2.05, 4.69) is 0 Å². The summed E-state index contributed by atoms with van der Waals surface area (Å²) in [6, 6.07) is 21.7. The Morgan fingerprint density at radius 3 is 1.72 bits per heavy atom. The quantitative estimate of drug-likeness (QED) is 0.888. The molecule has 0 saturated heterocycles. The summed E-state index contributed by atoms with van der Waals surface area (Å²) >= 11 is 0. The third-order valence-corrected chi connectivity index (χ3v) is 3.00. The van der Waals surface area contributed by atoms with Crippen molar-refractivity contribution in [3.05, 3.63) is 71.8 Å². The molecule has 0 bridgehead atoms. The first-order valence-corrected chi connectivity index (χ1v) is 5.98.